The third kappa shape index (κ3) is 3.02. The second kappa shape index (κ2) is 7.35. The Hall–Kier alpha value is -2.57. The fraction of sp³-hybridized carbons (Fsp3) is 0.167. The Bertz CT molecular complexity index is 965. The van der Waals surface area contributed by atoms with Crippen molar-refractivity contribution in [3.05, 3.63) is 46.1 Å². The van der Waals surface area contributed by atoms with Gasteiger partial charge in [0.15, 0.2) is 11.5 Å². The topological polar surface area (TPSA) is 72.6 Å². The Labute approximate surface area is 159 Å². The van der Waals surface area contributed by atoms with Gasteiger partial charge in [-0.15, -0.1) is 0 Å². The summed E-state index contributed by atoms with van der Waals surface area (Å²) in [5.41, 5.74) is 1.36. The van der Waals surface area contributed by atoms with Crippen LogP contribution in [-0.4, -0.2) is 32.2 Å². The number of para-hydroxylation sites is 1. The van der Waals surface area contributed by atoms with E-state index >= 15 is 0 Å². The van der Waals surface area contributed by atoms with Crippen LogP contribution in [0.1, 0.15) is 10.4 Å². The van der Waals surface area contributed by atoms with Crippen LogP contribution in [0.5, 0.6) is 17.2 Å². The molecule has 1 amide bonds. The van der Waals surface area contributed by atoms with Crippen molar-refractivity contribution in [1.82, 2.24) is 4.98 Å². The number of hydrogen-bond acceptors (Lipinski definition) is 4. The molecule has 0 aliphatic rings. The zero-order valence-electron chi connectivity index (χ0n) is 14.3. The van der Waals surface area contributed by atoms with Crippen molar-refractivity contribution in [3.8, 4) is 17.2 Å². The van der Waals surface area contributed by atoms with Gasteiger partial charge in [-0.2, -0.15) is 0 Å². The molecule has 2 aromatic carbocycles. The van der Waals surface area contributed by atoms with Crippen molar-refractivity contribution in [2.24, 2.45) is 0 Å². The minimum atomic E-state index is -0.392. The molecule has 3 rings (SSSR count). The highest BCUT2D eigenvalue weighted by Crippen LogP contribution is 2.44. The number of amides is 1. The van der Waals surface area contributed by atoms with Crippen molar-refractivity contribution in [3.63, 3.8) is 0 Å². The first-order valence-electron chi connectivity index (χ1n) is 7.57. The maximum atomic E-state index is 12.8. The first kappa shape index (κ1) is 18.2. The fourth-order valence-corrected chi connectivity index (χ4v) is 3.23. The highest BCUT2D eigenvalue weighted by atomic mass is 35.5. The number of halogens is 2. The van der Waals surface area contributed by atoms with Crippen LogP contribution < -0.4 is 19.5 Å². The first-order chi connectivity index (χ1) is 12.5. The van der Waals surface area contributed by atoms with E-state index in [-0.39, 0.29) is 0 Å². The third-order valence-corrected chi connectivity index (χ3v) is 4.55. The second-order valence-corrected chi connectivity index (χ2v) is 6.14. The number of carbonyl (C=O) groups is 1. The first-order valence-corrected chi connectivity index (χ1v) is 8.32. The molecule has 0 radical (unpaired) electrons. The fourth-order valence-electron chi connectivity index (χ4n) is 2.74. The number of carbonyl (C=O) groups excluding carboxylic acids is 1. The number of hydrogen-bond donors (Lipinski definition) is 2. The summed E-state index contributed by atoms with van der Waals surface area (Å²) in [6.07, 6.45) is 1.58. The van der Waals surface area contributed by atoms with Crippen LogP contribution in [0, 0.1) is 0 Å². The lowest BCUT2D eigenvalue weighted by atomic mass is 10.1. The molecule has 0 atom stereocenters. The number of benzene rings is 2. The molecule has 3 aromatic rings. The van der Waals surface area contributed by atoms with Crippen molar-refractivity contribution < 1.29 is 19.0 Å². The van der Waals surface area contributed by atoms with E-state index in [1.165, 1.54) is 21.3 Å². The van der Waals surface area contributed by atoms with Crippen LogP contribution in [0.2, 0.25) is 10.0 Å². The van der Waals surface area contributed by atoms with Crippen LogP contribution in [0.15, 0.2) is 30.5 Å². The number of ether oxygens (including phenoxy) is 3. The zero-order valence-corrected chi connectivity index (χ0v) is 15.8. The summed E-state index contributed by atoms with van der Waals surface area (Å²) < 4.78 is 16.2. The molecule has 2 N–H and O–H groups in total. The SMILES string of the molecule is COc1cc2[nH]cc(C(=O)Nc3c(Cl)cccc3Cl)c2c(OC)c1OC. The molecule has 0 saturated carbocycles. The number of nitrogens with one attached hydrogen (secondary N) is 2. The van der Waals surface area contributed by atoms with Crippen LogP contribution in [-0.2, 0) is 0 Å². The standard InChI is InChI=1S/C18H16Cl2N2O4/c1-24-13-7-12-14(17(26-3)16(13)25-2)9(8-21-12)18(23)22-15-10(19)5-4-6-11(15)20/h4-8,21H,1-3H3,(H,22,23). The van der Waals surface area contributed by atoms with E-state index in [0.717, 1.165) is 0 Å². The molecule has 6 nitrogen and oxygen atoms in total. The molecule has 0 bridgehead atoms. The molecule has 1 aromatic heterocycles. The lowest BCUT2D eigenvalue weighted by Gasteiger charge is -2.14. The third-order valence-electron chi connectivity index (χ3n) is 3.92. The van der Waals surface area contributed by atoms with Gasteiger partial charge in [0.05, 0.1) is 53.5 Å². The molecule has 8 heteroatoms. The molecular weight excluding hydrogens is 379 g/mol. The molecule has 0 spiro atoms. The maximum absolute atomic E-state index is 12.8. The van der Waals surface area contributed by atoms with Crippen LogP contribution in [0.3, 0.4) is 0 Å². The van der Waals surface area contributed by atoms with Crippen molar-refractivity contribution in [2.75, 3.05) is 26.6 Å². The van der Waals surface area contributed by atoms with Crippen LogP contribution >= 0.6 is 23.2 Å². The van der Waals surface area contributed by atoms with Gasteiger partial charge in [0.1, 0.15) is 0 Å². The van der Waals surface area contributed by atoms with Gasteiger partial charge in [-0.1, -0.05) is 29.3 Å². The molecule has 136 valence electrons. The monoisotopic (exact) mass is 394 g/mol. The number of H-pyrrole nitrogens is 1. The number of aromatic amines is 1. The summed E-state index contributed by atoms with van der Waals surface area (Å²) in [6, 6.07) is 6.72. The smallest absolute Gasteiger partial charge is 0.258 e. The number of rotatable bonds is 5. The Kier molecular flexibility index (Phi) is 5.15. The van der Waals surface area contributed by atoms with Gasteiger partial charge in [-0.05, 0) is 12.1 Å². The zero-order chi connectivity index (χ0) is 18.8. The van der Waals surface area contributed by atoms with E-state index in [2.05, 4.69) is 10.3 Å². The Morgan fingerprint density at radius 1 is 1.04 bits per heavy atom. The largest absolute Gasteiger partial charge is 0.493 e. The van der Waals surface area contributed by atoms with Gasteiger partial charge in [0, 0.05) is 12.3 Å². The average Bonchev–Trinajstić information content (AvgIpc) is 3.06. The highest BCUT2D eigenvalue weighted by molar-refractivity contribution is 6.40. The van der Waals surface area contributed by atoms with E-state index in [4.69, 9.17) is 37.4 Å². The van der Waals surface area contributed by atoms with Crippen molar-refractivity contribution >= 4 is 45.7 Å². The molecule has 0 saturated heterocycles. The molecule has 1 heterocycles. The predicted octanol–water partition coefficient (Wildman–Crippen LogP) is 4.75. The van der Waals surface area contributed by atoms with Crippen LogP contribution in [0.4, 0.5) is 5.69 Å². The van der Waals surface area contributed by atoms with Crippen molar-refractivity contribution in [2.45, 2.75) is 0 Å². The molecule has 0 aliphatic carbocycles. The number of methoxy groups -OCH3 is 3. The lowest BCUT2D eigenvalue weighted by Crippen LogP contribution is -2.12. The normalized spacial score (nSPS) is 10.7. The van der Waals surface area contributed by atoms with Crippen LogP contribution in [0.25, 0.3) is 10.9 Å². The Balaban J connectivity index is 2.12. The summed E-state index contributed by atoms with van der Waals surface area (Å²) in [5.74, 6) is 0.877. The molecule has 0 fully saturated rings. The summed E-state index contributed by atoms with van der Waals surface area (Å²) in [4.78, 5) is 15.9. The van der Waals surface area contributed by atoms with Gasteiger partial charge < -0.3 is 24.5 Å². The van der Waals surface area contributed by atoms with Gasteiger partial charge in [-0.3, -0.25) is 4.79 Å². The van der Waals surface area contributed by atoms with E-state index in [9.17, 15) is 4.79 Å². The Morgan fingerprint density at radius 3 is 2.27 bits per heavy atom. The summed E-state index contributed by atoms with van der Waals surface area (Å²) in [7, 11) is 4.53. The van der Waals surface area contributed by atoms with Crippen molar-refractivity contribution in [1.29, 1.82) is 0 Å². The molecule has 26 heavy (non-hydrogen) atoms. The lowest BCUT2D eigenvalue weighted by molar-refractivity contribution is 0.102. The van der Waals surface area contributed by atoms with Gasteiger partial charge in [0.2, 0.25) is 5.75 Å². The highest BCUT2D eigenvalue weighted by Gasteiger charge is 2.23. The summed E-state index contributed by atoms with van der Waals surface area (Å²) in [6.45, 7) is 0. The Morgan fingerprint density at radius 2 is 1.69 bits per heavy atom. The molecule has 0 unspecified atom stereocenters. The predicted molar refractivity (Wildman–Crippen MR) is 102 cm³/mol. The van der Waals surface area contributed by atoms with E-state index < -0.39 is 5.91 Å². The number of fused-ring (bicyclic) bond motifs is 1. The van der Waals surface area contributed by atoms with E-state index in [1.54, 1.807) is 30.5 Å². The quantitative estimate of drug-likeness (QED) is 0.654. The number of anilines is 1. The molecular formula is C18H16Cl2N2O4. The number of aromatic nitrogens is 1. The average molecular weight is 395 g/mol. The summed E-state index contributed by atoms with van der Waals surface area (Å²) in [5, 5.41) is 3.99. The maximum Gasteiger partial charge on any atom is 0.258 e. The minimum Gasteiger partial charge on any atom is -0.493 e. The van der Waals surface area contributed by atoms with E-state index in [1.807, 2.05) is 0 Å². The van der Waals surface area contributed by atoms with Gasteiger partial charge in [-0.25, -0.2) is 0 Å². The molecule has 0 aliphatic heterocycles. The minimum absolute atomic E-state index is 0.342. The van der Waals surface area contributed by atoms with Gasteiger partial charge >= 0.3 is 0 Å². The second-order valence-electron chi connectivity index (χ2n) is 5.32. The van der Waals surface area contributed by atoms with E-state index in [0.29, 0.717) is 49.4 Å². The van der Waals surface area contributed by atoms with Gasteiger partial charge in [0.25, 0.3) is 5.91 Å². The summed E-state index contributed by atoms with van der Waals surface area (Å²) >= 11 is 12.3.